The van der Waals surface area contributed by atoms with Gasteiger partial charge in [-0.15, -0.1) is 16.9 Å². The van der Waals surface area contributed by atoms with Crippen LogP contribution in [0.3, 0.4) is 0 Å². The summed E-state index contributed by atoms with van der Waals surface area (Å²) in [4.78, 5) is 36.4. The van der Waals surface area contributed by atoms with E-state index in [2.05, 4.69) is 26.2 Å². The molecule has 3 aromatic heterocycles. The summed E-state index contributed by atoms with van der Waals surface area (Å²) in [6, 6.07) is 18.1. The van der Waals surface area contributed by atoms with Crippen LogP contribution in [0.15, 0.2) is 79.1 Å². The highest BCUT2D eigenvalue weighted by Gasteiger charge is 2.32. The fraction of sp³-hybridized carbons (Fsp3) is 0.167. The van der Waals surface area contributed by atoms with E-state index in [1.54, 1.807) is 46.6 Å². The summed E-state index contributed by atoms with van der Waals surface area (Å²) in [7, 11) is 0. The standard InChI is InChI=1S/C30H25FN8O3S/c31-24-15-20(38-29-25(35-36-38)4-2-13-33-29)9-10-22(24)30(40)37(21-3-1-12-32-17-21)28-23-16-27(43-26(23)11-14-34-28)18-5-7-19(8-6-18)39(41)42/h2,4-11,13-16,21,32,35-36H,1,3,12,17H2/t21-/m1/s1. The van der Waals surface area contributed by atoms with Crippen LogP contribution in [0.1, 0.15) is 23.2 Å². The van der Waals surface area contributed by atoms with Crippen molar-refractivity contribution in [3.05, 3.63) is 101 Å². The molecule has 216 valence electrons. The monoisotopic (exact) mass is 596 g/mol. The second-order valence-electron chi connectivity index (χ2n) is 10.2. The number of thiophene rings is 1. The number of nitrogens with zero attached hydrogens (tertiary/aromatic N) is 5. The summed E-state index contributed by atoms with van der Waals surface area (Å²) in [5.74, 6) is -0.0981. The lowest BCUT2D eigenvalue weighted by atomic mass is 10.0. The van der Waals surface area contributed by atoms with E-state index in [0.29, 0.717) is 23.9 Å². The first-order valence-electron chi connectivity index (χ1n) is 13.7. The summed E-state index contributed by atoms with van der Waals surface area (Å²) >= 11 is 1.50. The second-order valence-corrected chi connectivity index (χ2v) is 11.3. The van der Waals surface area contributed by atoms with Gasteiger partial charge < -0.3 is 5.32 Å². The summed E-state index contributed by atoms with van der Waals surface area (Å²) in [6.07, 6.45) is 4.90. The lowest BCUT2D eigenvalue weighted by molar-refractivity contribution is -0.384. The number of non-ortho nitro benzene ring substituents is 1. The molecule has 0 bridgehead atoms. The van der Waals surface area contributed by atoms with Crippen molar-refractivity contribution in [2.75, 3.05) is 28.4 Å². The van der Waals surface area contributed by atoms with Gasteiger partial charge in [-0.1, -0.05) is 0 Å². The first-order chi connectivity index (χ1) is 21.0. The fourth-order valence-corrected chi connectivity index (χ4v) is 6.55. The molecule has 7 rings (SSSR count). The molecule has 0 saturated carbocycles. The van der Waals surface area contributed by atoms with Crippen LogP contribution < -0.4 is 26.2 Å². The number of carbonyl (C=O) groups excluding carboxylic acids is 1. The first-order valence-corrected chi connectivity index (χ1v) is 14.5. The summed E-state index contributed by atoms with van der Waals surface area (Å²) in [5.41, 5.74) is 7.97. The number of hydrazine groups is 2. The molecular weight excluding hydrogens is 571 g/mol. The number of piperidine rings is 1. The molecule has 0 unspecified atom stereocenters. The van der Waals surface area contributed by atoms with E-state index in [1.807, 2.05) is 18.2 Å². The van der Waals surface area contributed by atoms with Crippen LogP contribution in [-0.4, -0.2) is 39.9 Å². The number of amides is 1. The summed E-state index contributed by atoms with van der Waals surface area (Å²) in [6.45, 7) is 1.39. The van der Waals surface area contributed by atoms with E-state index in [-0.39, 0.29) is 17.3 Å². The Bertz CT molecular complexity index is 1860. The Kier molecular flexibility index (Phi) is 6.89. The molecule has 0 aliphatic carbocycles. The number of aromatic nitrogens is 2. The van der Waals surface area contributed by atoms with Crippen LogP contribution in [-0.2, 0) is 0 Å². The van der Waals surface area contributed by atoms with E-state index in [0.717, 1.165) is 45.6 Å². The minimum Gasteiger partial charge on any atom is -0.315 e. The van der Waals surface area contributed by atoms with Crippen molar-refractivity contribution >= 4 is 56.0 Å². The maximum atomic E-state index is 15.8. The largest absolute Gasteiger partial charge is 0.315 e. The Hall–Kier alpha value is -4.98. The van der Waals surface area contributed by atoms with Gasteiger partial charge in [0, 0.05) is 46.0 Å². The highest BCUT2D eigenvalue weighted by molar-refractivity contribution is 7.22. The van der Waals surface area contributed by atoms with Gasteiger partial charge in [-0.2, -0.15) is 0 Å². The minimum absolute atomic E-state index is 0.0130. The van der Waals surface area contributed by atoms with Crippen LogP contribution in [0.25, 0.3) is 20.5 Å². The summed E-state index contributed by atoms with van der Waals surface area (Å²) < 4.78 is 16.7. The zero-order valence-electron chi connectivity index (χ0n) is 22.7. The van der Waals surface area contributed by atoms with Crippen molar-refractivity contribution in [3.63, 3.8) is 0 Å². The smallest absolute Gasteiger partial charge is 0.269 e. The molecule has 3 N–H and O–H groups in total. The summed E-state index contributed by atoms with van der Waals surface area (Å²) in [5, 5.41) is 16.8. The van der Waals surface area contributed by atoms with E-state index in [9.17, 15) is 14.9 Å². The third-order valence-corrected chi connectivity index (χ3v) is 8.76. The molecule has 13 heteroatoms. The minimum atomic E-state index is -0.661. The molecule has 11 nitrogen and oxygen atoms in total. The van der Waals surface area contributed by atoms with Crippen LogP contribution in [0, 0.1) is 15.9 Å². The number of nitrogens with one attached hydrogen (secondary N) is 3. The molecule has 0 radical (unpaired) electrons. The van der Waals surface area contributed by atoms with E-state index >= 15 is 4.39 Å². The average molecular weight is 597 g/mol. The predicted octanol–water partition coefficient (Wildman–Crippen LogP) is 5.79. The zero-order chi connectivity index (χ0) is 29.5. The van der Waals surface area contributed by atoms with Crippen molar-refractivity contribution in [2.24, 2.45) is 0 Å². The number of carbonyl (C=O) groups is 1. The van der Waals surface area contributed by atoms with Crippen molar-refractivity contribution < 1.29 is 14.1 Å². The van der Waals surface area contributed by atoms with Crippen LogP contribution in [0.4, 0.5) is 33.1 Å². The second kappa shape index (κ2) is 11.0. The zero-order valence-corrected chi connectivity index (χ0v) is 23.5. The Morgan fingerprint density at radius 3 is 2.72 bits per heavy atom. The number of hydrogen-bond acceptors (Lipinski definition) is 10. The number of fused-ring (bicyclic) bond motifs is 2. The van der Waals surface area contributed by atoms with E-state index < -0.39 is 16.6 Å². The molecule has 2 aromatic carbocycles. The van der Waals surface area contributed by atoms with Crippen molar-refractivity contribution in [2.45, 2.75) is 18.9 Å². The number of anilines is 4. The highest BCUT2D eigenvalue weighted by atomic mass is 32.1. The van der Waals surface area contributed by atoms with Crippen LogP contribution in [0.2, 0.25) is 0 Å². The molecule has 2 aliphatic rings. The third kappa shape index (κ3) is 4.92. The van der Waals surface area contributed by atoms with Gasteiger partial charge in [0.2, 0.25) is 0 Å². The molecule has 1 fully saturated rings. The maximum absolute atomic E-state index is 15.8. The number of halogens is 1. The van der Waals surface area contributed by atoms with Crippen LogP contribution in [0.5, 0.6) is 0 Å². The van der Waals surface area contributed by atoms with Gasteiger partial charge >= 0.3 is 0 Å². The fourth-order valence-electron chi connectivity index (χ4n) is 5.49. The Morgan fingerprint density at radius 2 is 1.95 bits per heavy atom. The van der Waals surface area contributed by atoms with Gasteiger partial charge in [-0.05, 0) is 79.5 Å². The first kappa shape index (κ1) is 26.9. The van der Waals surface area contributed by atoms with Crippen molar-refractivity contribution in [3.8, 4) is 10.4 Å². The molecule has 5 heterocycles. The normalized spacial score (nSPS) is 16.1. The van der Waals surface area contributed by atoms with E-state index in [1.165, 1.54) is 35.6 Å². The number of nitro benzene ring substituents is 1. The maximum Gasteiger partial charge on any atom is 0.269 e. The molecule has 2 aliphatic heterocycles. The molecule has 0 spiro atoms. The predicted molar refractivity (Wildman–Crippen MR) is 164 cm³/mol. The number of rotatable bonds is 6. The molecular formula is C30H25FN8O3S. The highest BCUT2D eigenvalue weighted by Crippen LogP contribution is 2.39. The molecule has 43 heavy (non-hydrogen) atoms. The topological polar surface area (TPSA) is 129 Å². The Balaban J connectivity index is 1.26. The van der Waals surface area contributed by atoms with Gasteiger partial charge in [-0.25, -0.2) is 19.4 Å². The average Bonchev–Trinajstić information content (AvgIpc) is 3.67. The van der Waals surface area contributed by atoms with Gasteiger partial charge in [0.05, 0.1) is 27.9 Å². The Morgan fingerprint density at radius 1 is 1.09 bits per heavy atom. The molecule has 1 atom stereocenters. The number of nitro groups is 1. The van der Waals surface area contributed by atoms with Gasteiger partial charge in [0.1, 0.15) is 11.6 Å². The lowest BCUT2D eigenvalue weighted by Gasteiger charge is -2.34. The van der Waals surface area contributed by atoms with Gasteiger partial charge in [-0.3, -0.25) is 25.2 Å². The van der Waals surface area contributed by atoms with Crippen molar-refractivity contribution in [1.82, 2.24) is 20.8 Å². The van der Waals surface area contributed by atoms with Crippen LogP contribution >= 0.6 is 11.3 Å². The molecule has 1 saturated heterocycles. The van der Waals surface area contributed by atoms with Gasteiger partial charge in [0.25, 0.3) is 11.6 Å². The van der Waals surface area contributed by atoms with Gasteiger partial charge in [0.15, 0.2) is 5.82 Å². The third-order valence-electron chi connectivity index (χ3n) is 7.61. The lowest BCUT2D eigenvalue weighted by Crippen LogP contribution is -2.49. The van der Waals surface area contributed by atoms with E-state index in [4.69, 9.17) is 0 Å². The number of benzene rings is 2. The van der Waals surface area contributed by atoms with Crippen molar-refractivity contribution in [1.29, 1.82) is 0 Å². The number of hydrogen-bond donors (Lipinski definition) is 3. The number of pyridine rings is 2. The molecule has 1 amide bonds. The molecule has 5 aromatic rings. The Labute approximate surface area is 249 Å². The quantitative estimate of drug-likeness (QED) is 0.165. The SMILES string of the molecule is O=C(c1ccc(N2NNc3cccnc32)cc1F)N(c1nccc2sc(-c3ccc([N+](=O)[O-])cc3)cc12)[C@@H]1CCCNC1.